The molecule has 0 saturated heterocycles. The Labute approximate surface area is 172 Å². The molecule has 3 rings (SSSR count). The number of halogens is 1. The number of ether oxygens (including phenoxy) is 3. The highest BCUT2D eigenvalue weighted by Gasteiger charge is 2.34. The van der Waals surface area contributed by atoms with Crippen LogP contribution in [0, 0.1) is 0 Å². The molecule has 0 fully saturated rings. The Morgan fingerprint density at radius 3 is 2.61 bits per heavy atom. The van der Waals surface area contributed by atoms with E-state index >= 15 is 0 Å². The van der Waals surface area contributed by atoms with Gasteiger partial charge >= 0.3 is 6.09 Å². The first-order valence-electron chi connectivity index (χ1n) is 8.92. The lowest BCUT2D eigenvalue weighted by molar-refractivity contribution is 0.0233. The third-order valence-corrected chi connectivity index (χ3v) is 4.37. The molecular formula is C21H22BrNO5. The van der Waals surface area contributed by atoms with Crippen molar-refractivity contribution in [3.8, 4) is 11.5 Å². The molecule has 1 heterocycles. The fourth-order valence-corrected chi connectivity index (χ4v) is 3.12. The van der Waals surface area contributed by atoms with Crippen LogP contribution in [0.5, 0.6) is 11.5 Å². The first kappa shape index (κ1) is 20.2. The molecule has 0 radical (unpaired) electrons. The molecule has 0 aromatic heterocycles. The van der Waals surface area contributed by atoms with Gasteiger partial charge in [0.05, 0.1) is 6.54 Å². The number of carbonyl (C=O) groups is 2. The summed E-state index contributed by atoms with van der Waals surface area (Å²) in [6, 6.07) is 13.0. The molecule has 2 aromatic carbocycles. The maximum absolute atomic E-state index is 13.2. The van der Waals surface area contributed by atoms with Crippen LogP contribution in [0.4, 0.5) is 4.79 Å². The third-order valence-electron chi connectivity index (χ3n) is 3.91. The minimum absolute atomic E-state index is 0.0954. The van der Waals surface area contributed by atoms with E-state index in [2.05, 4.69) is 15.9 Å². The van der Waals surface area contributed by atoms with Gasteiger partial charge in [-0.1, -0.05) is 46.3 Å². The van der Waals surface area contributed by atoms with Crippen molar-refractivity contribution in [1.82, 2.24) is 4.90 Å². The second-order valence-electron chi connectivity index (χ2n) is 7.34. The van der Waals surface area contributed by atoms with E-state index in [1.54, 1.807) is 32.9 Å². The summed E-state index contributed by atoms with van der Waals surface area (Å²) >= 11 is 3.42. The number of carbonyl (C=O) groups excluding carboxylic acids is 2. The number of fused-ring (bicyclic) bond motifs is 1. The van der Waals surface area contributed by atoms with Crippen molar-refractivity contribution in [3.63, 3.8) is 0 Å². The quantitative estimate of drug-likeness (QED) is 0.675. The zero-order chi connectivity index (χ0) is 20.3. The molecule has 7 heteroatoms. The molecule has 2 amide bonds. The Morgan fingerprint density at radius 1 is 1.21 bits per heavy atom. The second-order valence-corrected chi connectivity index (χ2v) is 8.25. The van der Waals surface area contributed by atoms with Gasteiger partial charge in [-0.3, -0.25) is 4.79 Å². The number of hydrogen-bond acceptors (Lipinski definition) is 5. The van der Waals surface area contributed by atoms with E-state index in [-0.39, 0.29) is 25.3 Å². The molecule has 0 saturated carbocycles. The smallest absolute Gasteiger partial charge is 0.417 e. The molecule has 0 aliphatic carbocycles. The second kappa shape index (κ2) is 8.22. The van der Waals surface area contributed by atoms with Gasteiger partial charge in [0.2, 0.25) is 0 Å². The van der Waals surface area contributed by atoms with E-state index in [4.69, 9.17) is 14.2 Å². The van der Waals surface area contributed by atoms with E-state index < -0.39 is 17.6 Å². The maximum Gasteiger partial charge on any atom is 0.417 e. The van der Waals surface area contributed by atoms with Crippen molar-refractivity contribution >= 4 is 27.9 Å². The standard InChI is InChI=1S/C21H22BrNO5/c1-21(2,3)28-20(25)23-9-10-26-16-11-15(22)12-17(18(16)19(23)24)27-13-14-7-5-4-6-8-14/h4-8,11-12H,9-10,13H2,1-3H3. The molecular weight excluding hydrogens is 426 g/mol. The van der Waals surface area contributed by atoms with Gasteiger partial charge in [-0.05, 0) is 38.5 Å². The number of benzene rings is 2. The SMILES string of the molecule is CC(C)(C)OC(=O)N1CCOc2cc(Br)cc(OCc3ccccc3)c2C1=O. The normalized spacial score (nSPS) is 14.0. The fourth-order valence-electron chi connectivity index (χ4n) is 2.71. The van der Waals surface area contributed by atoms with Crippen LogP contribution in [0.1, 0.15) is 36.7 Å². The van der Waals surface area contributed by atoms with Crippen molar-refractivity contribution in [2.24, 2.45) is 0 Å². The van der Waals surface area contributed by atoms with Gasteiger partial charge in [0.25, 0.3) is 5.91 Å². The van der Waals surface area contributed by atoms with Crippen molar-refractivity contribution < 1.29 is 23.8 Å². The lowest BCUT2D eigenvalue weighted by atomic mass is 10.1. The van der Waals surface area contributed by atoms with Crippen molar-refractivity contribution in [3.05, 3.63) is 58.1 Å². The summed E-state index contributed by atoms with van der Waals surface area (Å²) in [5.74, 6) is 0.208. The summed E-state index contributed by atoms with van der Waals surface area (Å²) in [6.45, 7) is 5.81. The largest absolute Gasteiger partial charge is 0.491 e. The zero-order valence-electron chi connectivity index (χ0n) is 16.0. The molecule has 148 valence electrons. The minimum atomic E-state index is -0.709. The fraction of sp³-hybridized carbons (Fsp3) is 0.333. The third kappa shape index (κ3) is 4.84. The van der Waals surface area contributed by atoms with Crippen LogP contribution in [-0.4, -0.2) is 35.7 Å². The van der Waals surface area contributed by atoms with Gasteiger partial charge in [-0.15, -0.1) is 0 Å². The molecule has 1 aliphatic heterocycles. The topological polar surface area (TPSA) is 65.1 Å². The summed E-state index contributed by atoms with van der Waals surface area (Å²) in [5.41, 5.74) is 0.462. The molecule has 0 spiro atoms. The summed E-state index contributed by atoms with van der Waals surface area (Å²) in [7, 11) is 0. The Morgan fingerprint density at radius 2 is 1.93 bits per heavy atom. The molecule has 28 heavy (non-hydrogen) atoms. The van der Waals surface area contributed by atoms with E-state index in [9.17, 15) is 9.59 Å². The van der Waals surface area contributed by atoms with E-state index in [1.165, 1.54) is 0 Å². The van der Waals surface area contributed by atoms with Crippen molar-refractivity contribution in [2.45, 2.75) is 33.0 Å². The Balaban J connectivity index is 1.91. The number of nitrogens with zero attached hydrogens (tertiary/aromatic N) is 1. The summed E-state index contributed by atoms with van der Waals surface area (Å²) in [4.78, 5) is 26.7. The van der Waals surface area contributed by atoms with Gasteiger partial charge in [-0.2, -0.15) is 0 Å². The average molecular weight is 448 g/mol. The van der Waals surface area contributed by atoms with Gasteiger partial charge in [-0.25, -0.2) is 9.69 Å². The van der Waals surface area contributed by atoms with Crippen molar-refractivity contribution in [1.29, 1.82) is 0 Å². The zero-order valence-corrected chi connectivity index (χ0v) is 17.6. The number of imide groups is 1. The van der Waals surface area contributed by atoms with Crippen molar-refractivity contribution in [2.75, 3.05) is 13.2 Å². The van der Waals surface area contributed by atoms with Gasteiger partial charge in [0, 0.05) is 4.47 Å². The first-order valence-corrected chi connectivity index (χ1v) is 9.72. The highest BCUT2D eigenvalue weighted by Crippen LogP contribution is 2.36. The Hall–Kier alpha value is -2.54. The monoisotopic (exact) mass is 447 g/mol. The summed E-state index contributed by atoms with van der Waals surface area (Å²) < 4.78 is 17.7. The molecule has 1 aliphatic rings. The van der Waals surface area contributed by atoms with E-state index in [1.807, 2.05) is 30.3 Å². The number of rotatable bonds is 3. The van der Waals surface area contributed by atoms with Crippen LogP contribution in [-0.2, 0) is 11.3 Å². The molecule has 6 nitrogen and oxygen atoms in total. The van der Waals surface area contributed by atoms with Crippen LogP contribution in [0.15, 0.2) is 46.9 Å². The van der Waals surface area contributed by atoms with Crippen LogP contribution in [0.2, 0.25) is 0 Å². The highest BCUT2D eigenvalue weighted by atomic mass is 79.9. The first-order chi connectivity index (χ1) is 13.2. The van der Waals surface area contributed by atoms with Crippen LogP contribution < -0.4 is 9.47 Å². The Bertz CT molecular complexity index is 876. The number of hydrogen-bond donors (Lipinski definition) is 0. The lowest BCUT2D eigenvalue weighted by Gasteiger charge is -2.25. The van der Waals surface area contributed by atoms with Gasteiger partial charge in [0.15, 0.2) is 0 Å². The maximum atomic E-state index is 13.2. The van der Waals surface area contributed by atoms with E-state index in [0.29, 0.717) is 16.0 Å². The molecule has 2 aromatic rings. The van der Waals surface area contributed by atoms with Crippen LogP contribution in [0.3, 0.4) is 0 Å². The molecule has 0 atom stereocenters. The van der Waals surface area contributed by atoms with Crippen LogP contribution >= 0.6 is 15.9 Å². The summed E-state index contributed by atoms with van der Waals surface area (Å²) in [6.07, 6.45) is -0.703. The predicted octanol–water partition coefficient (Wildman–Crippen LogP) is 4.80. The van der Waals surface area contributed by atoms with Gasteiger partial charge < -0.3 is 14.2 Å². The molecule has 0 unspecified atom stereocenters. The average Bonchev–Trinajstić information content (AvgIpc) is 2.78. The van der Waals surface area contributed by atoms with Gasteiger partial charge in [0.1, 0.15) is 35.9 Å². The molecule has 0 bridgehead atoms. The summed E-state index contributed by atoms with van der Waals surface area (Å²) in [5, 5.41) is 0. The highest BCUT2D eigenvalue weighted by molar-refractivity contribution is 9.10. The lowest BCUT2D eigenvalue weighted by Crippen LogP contribution is -2.41. The minimum Gasteiger partial charge on any atom is -0.491 e. The predicted molar refractivity (Wildman–Crippen MR) is 108 cm³/mol. The molecule has 0 N–H and O–H groups in total. The van der Waals surface area contributed by atoms with Crippen LogP contribution in [0.25, 0.3) is 0 Å². The number of amides is 2. The van der Waals surface area contributed by atoms with E-state index in [0.717, 1.165) is 10.5 Å². The Kier molecular flexibility index (Phi) is 5.93.